The second kappa shape index (κ2) is 11.2. The molecule has 0 atom stereocenters. The monoisotopic (exact) mass is 535 g/mol. The highest BCUT2D eigenvalue weighted by atomic mass is 35.5. The van der Waals surface area contributed by atoms with Crippen LogP contribution in [0.25, 0.3) is 16.9 Å². The van der Waals surface area contributed by atoms with Crippen molar-refractivity contribution in [1.29, 1.82) is 0 Å². The van der Waals surface area contributed by atoms with Gasteiger partial charge in [0.1, 0.15) is 17.1 Å². The van der Waals surface area contributed by atoms with E-state index in [1.165, 1.54) is 0 Å². The maximum atomic E-state index is 12.2. The molecule has 36 heavy (non-hydrogen) atoms. The van der Waals surface area contributed by atoms with E-state index in [-0.39, 0.29) is 5.75 Å². The lowest BCUT2D eigenvalue weighted by Gasteiger charge is -2.35. The maximum absolute atomic E-state index is 12.2. The van der Waals surface area contributed by atoms with Gasteiger partial charge in [-0.15, -0.1) is 0 Å². The van der Waals surface area contributed by atoms with Gasteiger partial charge in [-0.3, -0.25) is 0 Å². The van der Waals surface area contributed by atoms with Crippen molar-refractivity contribution in [3.8, 4) is 22.8 Å². The Morgan fingerprint density at radius 3 is 2.53 bits per heavy atom. The number of methoxy groups -OCH3 is 1. The zero-order valence-electron chi connectivity index (χ0n) is 21.3. The number of pyridine rings is 1. The van der Waals surface area contributed by atoms with E-state index in [1.807, 2.05) is 55.2 Å². The highest BCUT2D eigenvalue weighted by Gasteiger charge is 2.26. The molecule has 4 rings (SSSR count). The molecular formula is C25H34ClN5O4S. The Morgan fingerprint density at radius 1 is 1.11 bits per heavy atom. The molecule has 0 unspecified atom stereocenters. The third-order valence-electron chi connectivity index (χ3n) is 6.34. The molecule has 3 heterocycles. The summed E-state index contributed by atoms with van der Waals surface area (Å²) in [6.45, 7) is 5.43. The molecule has 1 saturated heterocycles. The Morgan fingerprint density at radius 2 is 1.86 bits per heavy atom. The van der Waals surface area contributed by atoms with Crippen LogP contribution in [0.1, 0.15) is 13.3 Å². The number of sulfonamides is 1. The van der Waals surface area contributed by atoms with Crippen molar-refractivity contribution in [3.63, 3.8) is 0 Å². The number of aromatic nitrogens is 2. The number of piperazine rings is 1. The molecule has 0 amide bonds. The van der Waals surface area contributed by atoms with Crippen molar-refractivity contribution in [3.05, 3.63) is 41.7 Å². The van der Waals surface area contributed by atoms with Crippen molar-refractivity contribution in [2.24, 2.45) is 0 Å². The van der Waals surface area contributed by atoms with Gasteiger partial charge in [0, 0.05) is 68.5 Å². The van der Waals surface area contributed by atoms with Crippen molar-refractivity contribution < 1.29 is 17.9 Å². The van der Waals surface area contributed by atoms with Crippen molar-refractivity contribution in [2.45, 2.75) is 13.3 Å². The molecule has 0 aliphatic carbocycles. The number of hydrogen-bond acceptors (Lipinski definition) is 7. The molecular weight excluding hydrogens is 502 g/mol. The first-order chi connectivity index (χ1) is 17.2. The Hall–Kier alpha value is -2.53. The number of hydrogen-bond donors (Lipinski definition) is 0. The number of benzene rings is 1. The topological polar surface area (TPSA) is 79.6 Å². The number of imidazole rings is 1. The first-order valence-electron chi connectivity index (χ1n) is 12.1. The molecule has 196 valence electrons. The van der Waals surface area contributed by atoms with Crippen molar-refractivity contribution >= 4 is 33.0 Å². The Kier molecular flexibility index (Phi) is 8.29. The predicted octanol–water partition coefficient (Wildman–Crippen LogP) is 3.47. The van der Waals surface area contributed by atoms with Gasteiger partial charge in [0.05, 0.1) is 30.2 Å². The first-order valence-corrected chi connectivity index (χ1v) is 14.1. The molecule has 0 N–H and O–H groups in total. The van der Waals surface area contributed by atoms with E-state index in [0.717, 1.165) is 35.6 Å². The van der Waals surface area contributed by atoms with Gasteiger partial charge < -0.3 is 23.7 Å². The summed E-state index contributed by atoms with van der Waals surface area (Å²) in [5.41, 5.74) is 3.35. The number of fused-ring (bicyclic) bond motifs is 1. The second-order valence-corrected chi connectivity index (χ2v) is 11.7. The summed E-state index contributed by atoms with van der Waals surface area (Å²) >= 11 is 6.46. The lowest BCUT2D eigenvalue weighted by atomic mass is 10.1. The van der Waals surface area contributed by atoms with Gasteiger partial charge in [-0.05, 0) is 39.6 Å². The fourth-order valence-corrected chi connectivity index (χ4v) is 5.60. The molecule has 1 fully saturated rings. The van der Waals surface area contributed by atoms with Gasteiger partial charge in [0.15, 0.2) is 0 Å². The number of halogens is 1. The van der Waals surface area contributed by atoms with Crippen LogP contribution in [0.15, 0.2) is 36.7 Å². The zero-order chi connectivity index (χ0) is 25.9. The van der Waals surface area contributed by atoms with Gasteiger partial charge in [-0.25, -0.2) is 13.4 Å². The SMILES string of the molecule is CCS(=O)(=O)N1CCN(c2ccn3cc(-c4cc(Cl)c(OC)cc4OCCCN(C)C)nc3c2)CC1. The van der Waals surface area contributed by atoms with E-state index in [0.29, 0.717) is 49.3 Å². The smallest absolute Gasteiger partial charge is 0.213 e. The highest BCUT2D eigenvalue weighted by molar-refractivity contribution is 7.89. The Bertz CT molecular complexity index is 1300. The molecule has 3 aromatic rings. The lowest BCUT2D eigenvalue weighted by molar-refractivity contribution is 0.281. The summed E-state index contributed by atoms with van der Waals surface area (Å²) < 4.78 is 39.4. The minimum absolute atomic E-state index is 0.131. The highest BCUT2D eigenvalue weighted by Crippen LogP contribution is 2.38. The van der Waals surface area contributed by atoms with Crippen LogP contribution >= 0.6 is 11.6 Å². The zero-order valence-corrected chi connectivity index (χ0v) is 22.8. The van der Waals surface area contributed by atoms with Gasteiger partial charge >= 0.3 is 0 Å². The molecule has 0 radical (unpaired) electrons. The van der Waals surface area contributed by atoms with E-state index >= 15 is 0 Å². The van der Waals surface area contributed by atoms with E-state index in [9.17, 15) is 8.42 Å². The van der Waals surface area contributed by atoms with Crippen LogP contribution in [-0.4, -0.2) is 93.3 Å². The predicted molar refractivity (Wildman–Crippen MR) is 144 cm³/mol. The van der Waals surface area contributed by atoms with Crippen LogP contribution in [0, 0.1) is 0 Å². The molecule has 9 nitrogen and oxygen atoms in total. The molecule has 1 aliphatic rings. The minimum Gasteiger partial charge on any atom is -0.495 e. The summed E-state index contributed by atoms with van der Waals surface area (Å²) in [6.07, 6.45) is 4.81. The summed E-state index contributed by atoms with van der Waals surface area (Å²) in [5, 5.41) is 0.491. The molecule has 11 heteroatoms. The van der Waals surface area contributed by atoms with E-state index in [1.54, 1.807) is 18.3 Å². The maximum Gasteiger partial charge on any atom is 0.213 e. The fourth-order valence-electron chi connectivity index (χ4n) is 4.28. The number of ether oxygens (including phenoxy) is 2. The third-order valence-corrected chi connectivity index (χ3v) is 8.52. The number of anilines is 1. The van der Waals surface area contributed by atoms with Gasteiger partial charge in [0.25, 0.3) is 0 Å². The van der Waals surface area contributed by atoms with Crippen LogP contribution in [0.5, 0.6) is 11.5 Å². The van der Waals surface area contributed by atoms with Crippen LogP contribution in [-0.2, 0) is 10.0 Å². The van der Waals surface area contributed by atoms with Crippen LogP contribution in [0.3, 0.4) is 0 Å². The third kappa shape index (κ3) is 5.88. The van der Waals surface area contributed by atoms with E-state index < -0.39 is 10.0 Å². The van der Waals surface area contributed by atoms with Crippen LogP contribution < -0.4 is 14.4 Å². The van der Waals surface area contributed by atoms with E-state index in [2.05, 4.69) is 9.80 Å². The van der Waals surface area contributed by atoms with Gasteiger partial charge in [-0.2, -0.15) is 4.31 Å². The molecule has 1 aliphatic heterocycles. The second-order valence-electron chi connectivity index (χ2n) is 9.05. The molecule has 2 aromatic heterocycles. The molecule has 0 saturated carbocycles. The van der Waals surface area contributed by atoms with Crippen molar-refractivity contribution in [2.75, 3.05) is 71.2 Å². The fraction of sp³-hybridized carbons (Fsp3) is 0.480. The van der Waals surface area contributed by atoms with Gasteiger partial charge in [0.2, 0.25) is 10.0 Å². The average Bonchev–Trinajstić information content (AvgIpc) is 3.30. The molecule has 0 bridgehead atoms. The minimum atomic E-state index is -3.16. The van der Waals surface area contributed by atoms with Crippen LogP contribution in [0.2, 0.25) is 5.02 Å². The molecule has 1 aromatic carbocycles. The quantitative estimate of drug-likeness (QED) is 0.368. The largest absolute Gasteiger partial charge is 0.495 e. The summed E-state index contributed by atoms with van der Waals surface area (Å²) in [4.78, 5) is 9.18. The Balaban J connectivity index is 1.57. The first kappa shape index (κ1) is 26.5. The lowest BCUT2D eigenvalue weighted by Crippen LogP contribution is -2.49. The summed E-state index contributed by atoms with van der Waals surface area (Å²) in [6, 6.07) is 7.70. The van der Waals surface area contributed by atoms with Crippen LogP contribution in [0.4, 0.5) is 5.69 Å². The van der Waals surface area contributed by atoms with Gasteiger partial charge in [-0.1, -0.05) is 11.6 Å². The van der Waals surface area contributed by atoms with E-state index in [4.69, 9.17) is 26.1 Å². The number of rotatable bonds is 10. The number of nitrogens with zero attached hydrogens (tertiary/aromatic N) is 5. The summed E-state index contributed by atoms with van der Waals surface area (Å²) in [5.74, 6) is 1.36. The summed E-state index contributed by atoms with van der Waals surface area (Å²) in [7, 11) is 2.50. The molecule has 0 spiro atoms. The van der Waals surface area contributed by atoms with Crippen molar-refractivity contribution in [1.82, 2.24) is 18.6 Å². The standard InChI is InChI=1S/C25H34ClN5O4S/c1-5-36(32,33)31-12-10-29(11-13-31)19-7-9-30-18-22(27-25(30)15-19)20-16-21(26)24(34-4)17-23(20)35-14-6-8-28(2)3/h7,9,15-18H,5-6,8,10-14H2,1-4H3. The Labute approximate surface area is 218 Å². The average molecular weight is 536 g/mol. The normalized spacial score (nSPS) is 15.1.